The summed E-state index contributed by atoms with van der Waals surface area (Å²) >= 11 is 11.3. The molecule has 0 spiro atoms. The molecular weight excluding hydrogens is 1720 g/mol. The van der Waals surface area contributed by atoms with E-state index in [0.29, 0.717) is 13.2 Å². The summed E-state index contributed by atoms with van der Waals surface area (Å²) in [5.74, 6) is 5.56. The molecular formula is C105H165ClF3N9O9S3. The number of hydrogen-bond acceptors (Lipinski definition) is 21. The zero-order valence-electron chi connectivity index (χ0n) is 86.6. The van der Waals surface area contributed by atoms with E-state index in [4.69, 9.17) is 53.7 Å². The standard InChI is InChI=1S/C15H19NS.C13H21NS.2C12H21NO2.C11H12ClNS.C11H19NO2.2C11H19NO.C8H10F3NO.CH4/c1-5-12-13(11-9-7-6-8-10-11)16-14(17-12)15(2,3)4;1-13(2,3)12-14-11(9-15-12)10-7-5-4-6-8-10;1-11(2,3)10-7-9(13-15-10)12(4,5)8-14-6;1-11(2,3)9-7-10(15-13-9)12(4,5)8-14-6;1-11(2,3)10-13-8-6-7(12)4-5-9(8)14-10;1-10(2,3)9-6-8(12-14-9)11(4,5)7-13;2*1-10(2,3)8-7-9(13-12-8)11(4,5)6;1-7(2,3)6-4-5(12-13-6)8(9,10)11;/h6-10H,5H2,1-4H3;9-10H,4-8H2,1-3H3;2*7H,8H2,1-6H3;4-6H,1-3H3;6,13H,7H2,1-5H3;2*7H,1-6H3;4H,1-3H3;1H4. The van der Waals surface area contributed by atoms with Crippen LogP contribution in [0, 0.1) is 0 Å². The Morgan fingerprint density at radius 1 is 0.385 bits per heavy atom. The summed E-state index contributed by atoms with van der Waals surface area (Å²) in [4.78, 5) is 15.6. The topological polar surface area (TPSA) is 234 Å². The molecule has 1 aliphatic rings. The molecule has 0 aliphatic heterocycles. The largest absolute Gasteiger partial charge is 0.436 e. The second kappa shape index (κ2) is 46.4. The number of aliphatic hydroxyl groups excluding tert-OH is 1. The second-order valence-corrected chi connectivity index (χ2v) is 50.3. The molecule has 1 aliphatic carbocycles. The molecule has 1 saturated carbocycles. The fraction of sp³-hybridized carbons (Fsp3) is 0.648. The van der Waals surface area contributed by atoms with Gasteiger partial charge in [0.15, 0.2) is 5.69 Å². The number of aliphatic hydroxyl groups is 1. The summed E-state index contributed by atoms with van der Waals surface area (Å²) in [6, 6.07) is 27.4. The molecule has 0 unspecified atom stereocenters. The van der Waals surface area contributed by atoms with Crippen LogP contribution in [0.15, 0.2) is 117 Å². The van der Waals surface area contributed by atoms with Crippen LogP contribution >= 0.6 is 45.6 Å². The van der Waals surface area contributed by atoms with Gasteiger partial charge in [-0.25, -0.2) is 15.0 Å². The SMILES string of the molecule is C.CC(C)(C)c1cc(C(C)(C)C)on1.CC(C)(C)c1cc(C(C)(C)C)on1.CC(C)(C)c1cc(C(C)(C)CO)no1.CC(C)(C)c1cc(C(F)(F)F)no1.CC(C)(C)c1nc(C2CCCCC2)cs1.CC(C)(C)c1nc2cc(Cl)ccc2s1.CCc1sc(C(C)(C)C)nc1-c1ccccc1.COCC(C)(C)c1cc(C(C)(C)C)no1.COCC(C)(C)c1cc(C(C)(C)C)on1. The molecule has 1 fully saturated rings. The van der Waals surface area contributed by atoms with Crippen LogP contribution in [0.5, 0.6) is 0 Å². The van der Waals surface area contributed by atoms with Crippen molar-refractivity contribution >= 4 is 55.8 Å². The third kappa shape index (κ3) is 37.2. The first-order valence-corrected chi connectivity index (χ1v) is 48.0. The van der Waals surface area contributed by atoms with Crippen LogP contribution in [0.4, 0.5) is 13.2 Å². The van der Waals surface area contributed by atoms with E-state index in [1.165, 1.54) is 68.6 Å². The Hall–Kier alpha value is -7.19. The predicted molar refractivity (Wildman–Crippen MR) is 536 cm³/mol. The van der Waals surface area contributed by atoms with Crippen molar-refractivity contribution in [2.45, 2.75) is 411 Å². The van der Waals surface area contributed by atoms with E-state index >= 15 is 0 Å². The van der Waals surface area contributed by atoms with Crippen LogP contribution in [0.3, 0.4) is 0 Å². The highest BCUT2D eigenvalue weighted by Crippen LogP contribution is 2.41. The quantitative estimate of drug-likeness (QED) is 0.127. The Morgan fingerprint density at radius 3 is 1.06 bits per heavy atom. The lowest BCUT2D eigenvalue weighted by molar-refractivity contribution is -0.142. The van der Waals surface area contributed by atoms with Crippen molar-refractivity contribution in [1.82, 2.24) is 45.9 Å². The van der Waals surface area contributed by atoms with E-state index in [-0.39, 0.29) is 90.2 Å². The van der Waals surface area contributed by atoms with Crippen molar-refractivity contribution in [3.8, 4) is 11.3 Å². The molecule has 0 atom stereocenters. The summed E-state index contributed by atoms with van der Waals surface area (Å²) in [6.45, 7) is 85.5. The Bertz CT molecular complexity index is 4820. The first kappa shape index (κ1) is 117. The third-order valence-corrected chi connectivity index (χ3v) is 25.3. The molecule has 0 radical (unpaired) electrons. The third-order valence-electron chi connectivity index (χ3n) is 20.7. The van der Waals surface area contributed by atoms with Crippen LogP contribution in [0.25, 0.3) is 21.5 Å². The lowest BCUT2D eigenvalue weighted by Gasteiger charge is -2.20. The Labute approximate surface area is 797 Å². The zero-order chi connectivity index (χ0) is 98.9. The van der Waals surface area contributed by atoms with Gasteiger partial charge in [0, 0.05) is 153 Å². The number of thiazole rings is 3. The van der Waals surface area contributed by atoms with Crippen molar-refractivity contribution in [3.63, 3.8) is 0 Å². The molecule has 9 heterocycles. The van der Waals surface area contributed by atoms with E-state index in [1.54, 1.807) is 46.3 Å². The average Bonchev–Trinajstić information content (AvgIpc) is 1.66. The molecule has 0 amide bonds. The predicted octanol–water partition coefficient (Wildman–Crippen LogP) is 31.6. The molecule has 730 valence electrons. The van der Waals surface area contributed by atoms with Gasteiger partial charge in [0.25, 0.3) is 0 Å². The summed E-state index contributed by atoms with van der Waals surface area (Å²) < 4.78 is 78.9. The number of benzene rings is 2. The van der Waals surface area contributed by atoms with Gasteiger partial charge in [-0.1, -0.05) is 377 Å². The highest BCUT2D eigenvalue weighted by molar-refractivity contribution is 7.18. The summed E-state index contributed by atoms with van der Waals surface area (Å²) in [5.41, 5.74) is 8.36. The van der Waals surface area contributed by atoms with Gasteiger partial charge in [-0.3, -0.25) is 0 Å². The molecule has 2 aromatic carbocycles. The lowest BCUT2D eigenvalue weighted by Crippen LogP contribution is -2.24. The second-order valence-electron chi connectivity index (χ2n) is 46.9. The number of rotatable bonds is 11. The number of halogens is 4. The van der Waals surface area contributed by atoms with Crippen molar-refractivity contribution in [2.75, 3.05) is 34.0 Å². The van der Waals surface area contributed by atoms with E-state index in [1.807, 2.05) is 79.0 Å². The number of methoxy groups -OCH3 is 2. The number of aromatic nitrogens is 9. The van der Waals surface area contributed by atoms with Gasteiger partial charge in [0.05, 0.1) is 84.9 Å². The normalized spacial score (nSPS) is 13.6. The molecule has 18 nitrogen and oxygen atoms in total. The van der Waals surface area contributed by atoms with Crippen molar-refractivity contribution in [1.29, 1.82) is 0 Å². The number of nitrogens with zero attached hydrogens (tertiary/aromatic N) is 9. The Balaban J connectivity index is 0.000000377. The monoisotopic (exact) mass is 1880 g/mol. The van der Waals surface area contributed by atoms with Crippen molar-refractivity contribution < 1.29 is 54.9 Å². The molecule has 9 aromatic heterocycles. The molecule has 0 bridgehead atoms. The van der Waals surface area contributed by atoms with Gasteiger partial charge in [-0.05, 0) is 37.5 Å². The first-order chi connectivity index (χ1) is 58.5. The van der Waals surface area contributed by atoms with Crippen LogP contribution < -0.4 is 0 Å². The summed E-state index contributed by atoms with van der Waals surface area (Å²) in [5, 5.41) is 39.2. The average molecular weight is 1890 g/mol. The van der Waals surface area contributed by atoms with Crippen LogP contribution in [-0.4, -0.2) is 85.0 Å². The van der Waals surface area contributed by atoms with E-state index in [0.717, 1.165) is 91.2 Å². The smallest absolute Gasteiger partial charge is 0.395 e. The molecule has 0 saturated heterocycles. The fourth-order valence-corrected chi connectivity index (χ4v) is 14.9. The first-order valence-electron chi connectivity index (χ1n) is 45.1. The van der Waals surface area contributed by atoms with E-state index in [2.05, 4.69) is 325 Å². The van der Waals surface area contributed by atoms with Gasteiger partial charge in [-0.15, -0.1) is 34.0 Å². The summed E-state index contributed by atoms with van der Waals surface area (Å²) in [6.07, 6.45) is 3.55. The lowest BCUT2D eigenvalue weighted by atomic mass is 9.87. The van der Waals surface area contributed by atoms with Crippen molar-refractivity contribution in [3.05, 3.63) is 190 Å². The maximum absolute atomic E-state index is 12.1. The minimum absolute atomic E-state index is 0. The minimum atomic E-state index is -4.42. The molecule has 11 aromatic rings. The number of hydrogen-bond donors (Lipinski definition) is 1. The van der Waals surface area contributed by atoms with Crippen LogP contribution in [0.1, 0.15) is 417 Å². The van der Waals surface area contributed by atoms with E-state index < -0.39 is 17.3 Å². The van der Waals surface area contributed by atoms with Crippen molar-refractivity contribution in [2.24, 2.45) is 0 Å². The maximum Gasteiger partial charge on any atom is 0.436 e. The fourth-order valence-electron chi connectivity index (χ4n) is 11.7. The highest BCUT2D eigenvalue weighted by Gasteiger charge is 2.38. The van der Waals surface area contributed by atoms with Gasteiger partial charge >= 0.3 is 6.18 Å². The zero-order valence-corrected chi connectivity index (χ0v) is 89.8. The minimum Gasteiger partial charge on any atom is -0.395 e. The molecule has 1 N–H and O–H groups in total. The van der Waals surface area contributed by atoms with E-state index in [9.17, 15) is 18.3 Å². The Morgan fingerprint density at radius 2 is 0.731 bits per heavy atom. The molecule has 25 heteroatoms. The number of ether oxygens (including phenoxy) is 2. The summed E-state index contributed by atoms with van der Waals surface area (Å²) in [7, 11) is 3.40. The highest BCUT2D eigenvalue weighted by atomic mass is 35.5. The number of aryl methyl sites for hydroxylation is 1. The number of fused-ring (bicyclic) bond motifs is 1. The molecule has 130 heavy (non-hydrogen) atoms. The number of alkyl halides is 3. The maximum atomic E-state index is 12.1. The van der Waals surface area contributed by atoms with Gasteiger partial charge in [0.2, 0.25) is 0 Å². The van der Waals surface area contributed by atoms with Crippen LogP contribution in [0.2, 0.25) is 5.02 Å². The van der Waals surface area contributed by atoms with Gasteiger partial charge in [-0.2, -0.15) is 13.2 Å². The van der Waals surface area contributed by atoms with Gasteiger partial charge < -0.3 is 41.7 Å². The Kier molecular flexibility index (Phi) is 41.7. The van der Waals surface area contributed by atoms with Crippen LogP contribution in [-0.2, 0) is 97.9 Å². The van der Waals surface area contributed by atoms with Gasteiger partial charge in [0.1, 0.15) is 34.6 Å². The molecule has 12 rings (SSSR count).